The Balaban J connectivity index is 1.44. The molecule has 0 saturated heterocycles. The fourth-order valence-electron chi connectivity index (χ4n) is 2.37. The monoisotopic (exact) mass is 408 g/mol. The fraction of sp³-hybridized carbons (Fsp3) is 0.278. The molecule has 0 saturated carbocycles. The number of nitrogens with zero attached hydrogens (tertiary/aromatic N) is 1. The summed E-state index contributed by atoms with van der Waals surface area (Å²) in [5.41, 5.74) is 1.87. The van der Waals surface area contributed by atoms with Crippen molar-refractivity contribution in [3.63, 3.8) is 0 Å². The molecule has 3 aromatic rings. The van der Waals surface area contributed by atoms with Gasteiger partial charge in [0.05, 0.1) is 23.1 Å². The first-order valence-corrected chi connectivity index (χ1v) is 11.6. The number of hydrogen-bond acceptors (Lipinski definition) is 6. The molecule has 0 unspecified atom stereocenters. The Morgan fingerprint density at radius 3 is 2.85 bits per heavy atom. The van der Waals surface area contributed by atoms with Crippen molar-refractivity contribution in [2.45, 2.75) is 17.3 Å². The number of nitrogens with one attached hydrogen (secondary N) is 1. The van der Waals surface area contributed by atoms with Gasteiger partial charge in [0.2, 0.25) is 10.0 Å². The van der Waals surface area contributed by atoms with Crippen molar-refractivity contribution in [2.75, 3.05) is 18.6 Å². The Bertz CT molecular complexity index is 937. The minimum Gasteiger partial charge on any atom is -0.497 e. The highest BCUT2D eigenvalue weighted by Gasteiger charge is 2.11. The Morgan fingerprint density at radius 1 is 1.19 bits per heavy atom. The molecule has 0 aliphatic heterocycles. The number of thioether (sulfide) groups is 1. The SMILES string of the molecule is COc1cccc(CNS(=O)(=O)CCCSc2nc3ccccc3s2)c1. The molecule has 0 spiro atoms. The first kappa shape index (κ1) is 19.2. The lowest BCUT2D eigenvalue weighted by Crippen LogP contribution is -2.26. The van der Waals surface area contributed by atoms with E-state index >= 15 is 0 Å². The van der Waals surface area contributed by atoms with Gasteiger partial charge in [0.15, 0.2) is 4.34 Å². The van der Waals surface area contributed by atoms with Crippen molar-refractivity contribution in [1.29, 1.82) is 0 Å². The molecule has 5 nitrogen and oxygen atoms in total. The van der Waals surface area contributed by atoms with Gasteiger partial charge in [-0.15, -0.1) is 11.3 Å². The van der Waals surface area contributed by atoms with Crippen LogP contribution in [-0.2, 0) is 16.6 Å². The Hall–Kier alpha value is -1.61. The van der Waals surface area contributed by atoms with Crippen molar-refractivity contribution < 1.29 is 13.2 Å². The molecule has 1 aromatic heterocycles. The molecule has 3 rings (SSSR count). The summed E-state index contributed by atoms with van der Waals surface area (Å²) < 4.78 is 34.2. The highest BCUT2D eigenvalue weighted by atomic mass is 32.2. The zero-order valence-electron chi connectivity index (χ0n) is 14.3. The van der Waals surface area contributed by atoms with Crippen molar-refractivity contribution >= 4 is 43.3 Å². The summed E-state index contributed by atoms with van der Waals surface area (Å²) in [5, 5.41) is 0. The maximum absolute atomic E-state index is 12.1. The van der Waals surface area contributed by atoms with Gasteiger partial charge in [0.25, 0.3) is 0 Å². The van der Waals surface area contributed by atoms with Crippen LogP contribution in [0, 0.1) is 0 Å². The fourth-order valence-corrected chi connectivity index (χ4v) is 5.69. The number of ether oxygens (including phenoxy) is 1. The van der Waals surface area contributed by atoms with Gasteiger partial charge in [-0.25, -0.2) is 18.1 Å². The third kappa shape index (κ3) is 5.44. The van der Waals surface area contributed by atoms with Crippen molar-refractivity contribution in [3.05, 3.63) is 54.1 Å². The first-order chi connectivity index (χ1) is 12.6. The summed E-state index contributed by atoms with van der Waals surface area (Å²) in [6.07, 6.45) is 0.577. The minimum atomic E-state index is -3.30. The van der Waals surface area contributed by atoms with Gasteiger partial charge >= 0.3 is 0 Å². The van der Waals surface area contributed by atoms with E-state index in [2.05, 4.69) is 9.71 Å². The van der Waals surface area contributed by atoms with Crippen LogP contribution in [0.1, 0.15) is 12.0 Å². The molecule has 8 heteroatoms. The molecule has 0 radical (unpaired) electrons. The van der Waals surface area contributed by atoms with Gasteiger partial charge in [-0.2, -0.15) is 0 Å². The van der Waals surface area contributed by atoms with Gasteiger partial charge < -0.3 is 4.74 Å². The van der Waals surface area contributed by atoms with E-state index in [0.717, 1.165) is 25.9 Å². The molecule has 0 aliphatic rings. The molecule has 0 aliphatic carbocycles. The summed E-state index contributed by atoms with van der Waals surface area (Å²) in [4.78, 5) is 4.54. The maximum atomic E-state index is 12.1. The standard InChI is InChI=1S/C18H20N2O3S3/c1-23-15-7-4-6-14(12-15)13-19-26(21,22)11-5-10-24-18-20-16-8-2-3-9-17(16)25-18/h2-4,6-9,12,19H,5,10-11,13H2,1H3. The number of benzene rings is 2. The van der Waals surface area contributed by atoms with Crippen molar-refractivity contribution in [2.24, 2.45) is 0 Å². The number of sulfonamides is 1. The van der Waals surface area contributed by atoms with Crippen molar-refractivity contribution in [1.82, 2.24) is 9.71 Å². The van der Waals surface area contributed by atoms with Crippen LogP contribution in [0.25, 0.3) is 10.2 Å². The normalized spacial score (nSPS) is 11.7. The number of hydrogen-bond donors (Lipinski definition) is 1. The molecule has 138 valence electrons. The van der Waals surface area contributed by atoms with Crippen LogP contribution in [0.4, 0.5) is 0 Å². The summed E-state index contributed by atoms with van der Waals surface area (Å²) in [6, 6.07) is 15.4. The second kappa shape index (κ2) is 8.85. The summed E-state index contributed by atoms with van der Waals surface area (Å²) in [7, 11) is -1.71. The third-order valence-corrected chi connectivity index (χ3v) is 7.36. The number of thiazole rings is 1. The van der Waals surface area contributed by atoms with Crippen LogP contribution >= 0.6 is 23.1 Å². The molecular formula is C18H20N2O3S3. The number of methoxy groups -OCH3 is 1. The number of para-hydroxylation sites is 1. The van der Waals surface area contributed by atoms with Crippen LogP contribution < -0.4 is 9.46 Å². The molecule has 0 bridgehead atoms. The lowest BCUT2D eigenvalue weighted by Gasteiger charge is -2.07. The Kier molecular flexibility index (Phi) is 6.53. The quantitative estimate of drug-likeness (QED) is 0.429. The summed E-state index contributed by atoms with van der Waals surface area (Å²) >= 11 is 3.25. The average Bonchev–Trinajstić information content (AvgIpc) is 3.07. The van der Waals surface area contributed by atoms with Gasteiger partial charge in [-0.3, -0.25) is 0 Å². The Morgan fingerprint density at radius 2 is 2.04 bits per heavy atom. The van der Waals surface area contributed by atoms with Crippen LogP contribution in [0.3, 0.4) is 0 Å². The largest absolute Gasteiger partial charge is 0.497 e. The second-order valence-electron chi connectivity index (χ2n) is 5.64. The average molecular weight is 409 g/mol. The van der Waals surface area contributed by atoms with E-state index in [1.54, 1.807) is 30.2 Å². The van der Waals surface area contributed by atoms with Gasteiger partial charge in [-0.1, -0.05) is 36.0 Å². The van der Waals surface area contributed by atoms with Gasteiger partial charge in [0.1, 0.15) is 5.75 Å². The van der Waals surface area contributed by atoms with Crippen LogP contribution in [0.15, 0.2) is 52.9 Å². The van der Waals surface area contributed by atoms with E-state index in [0.29, 0.717) is 12.2 Å². The lowest BCUT2D eigenvalue weighted by molar-refractivity contribution is 0.414. The third-order valence-electron chi connectivity index (χ3n) is 3.69. The van der Waals surface area contributed by atoms with E-state index in [4.69, 9.17) is 4.74 Å². The zero-order valence-corrected chi connectivity index (χ0v) is 16.8. The number of fused-ring (bicyclic) bond motifs is 1. The van der Waals surface area contributed by atoms with E-state index in [9.17, 15) is 8.42 Å². The smallest absolute Gasteiger partial charge is 0.211 e. The Labute approximate surface area is 161 Å². The molecule has 0 atom stereocenters. The predicted octanol–water partition coefficient (Wildman–Crippen LogP) is 3.91. The first-order valence-electron chi connectivity index (χ1n) is 8.14. The highest BCUT2D eigenvalue weighted by molar-refractivity contribution is 8.01. The van der Waals surface area contributed by atoms with E-state index in [-0.39, 0.29) is 12.3 Å². The minimum absolute atomic E-state index is 0.106. The van der Waals surface area contributed by atoms with Crippen molar-refractivity contribution in [3.8, 4) is 5.75 Å². The molecule has 2 aromatic carbocycles. The highest BCUT2D eigenvalue weighted by Crippen LogP contribution is 2.29. The lowest BCUT2D eigenvalue weighted by atomic mass is 10.2. The van der Waals surface area contributed by atoms with Gasteiger partial charge in [0, 0.05) is 12.3 Å². The maximum Gasteiger partial charge on any atom is 0.211 e. The predicted molar refractivity (Wildman–Crippen MR) is 109 cm³/mol. The van der Waals surface area contributed by atoms with E-state index in [1.807, 2.05) is 48.5 Å². The molecule has 1 N–H and O–H groups in total. The number of aromatic nitrogens is 1. The van der Waals surface area contributed by atoms with E-state index < -0.39 is 10.0 Å². The molecular weight excluding hydrogens is 388 g/mol. The summed E-state index contributed by atoms with van der Waals surface area (Å²) in [6.45, 7) is 0.268. The van der Waals surface area contributed by atoms with E-state index in [1.165, 1.54) is 0 Å². The molecule has 0 fully saturated rings. The van der Waals surface area contributed by atoms with Gasteiger partial charge in [-0.05, 0) is 36.2 Å². The number of rotatable bonds is 9. The second-order valence-corrected chi connectivity index (χ2v) is 9.94. The zero-order chi connectivity index (χ0) is 18.4. The molecule has 0 amide bonds. The van der Waals surface area contributed by atoms with Crippen LogP contribution in [0.5, 0.6) is 5.75 Å². The molecule has 26 heavy (non-hydrogen) atoms. The summed E-state index contributed by atoms with van der Waals surface area (Å²) in [5.74, 6) is 1.54. The van der Waals surface area contributed by atoms with Crippen LogP contribution in [-0.4, -0.2) is 32.0 Å². The topological polar surface area (TPSA) is 68.3 Å². The molecule has 1 heterocycles. The van der Waals surface area contributed by atoms with Crippen LogP contribution in [0.2, 0.25) is 0 Å².